The van der Waals surface area contributed by atoms with Gasteiger partial charge >= 0.3 is 0 Å². The van der Waals surface area contributed by atoms with Crippen molar-refractivity contribution in [3.8, 4) is 11.5 Å². The van der Waals surface area contributed by atoms with Gasteiger partial charge in [-0.15, -0.1) is 0 Å². The van der Waals surface area contributed by atoms with Crippen molar-refractivity contribution in [1.82, 2.24) is 15.1 Å². The topological polar surface area (TPSA) is 99.2 Å². The van der Waals surface area contributed by atoms with E-state index in [0.717, 1.165) is 21.9 Å². The number of nitrogens with zero attached hydrogens (tertiary/aromatic N) is 2. The maximum absolute atomic E-state index is 14.2. The SMILES string of the molecule is CNC(=O)[C@H](Cc1ccc2ccccc2c1)N1CCC(=O)N(Cc2ccc(O)c(OC)c2)[C@@H](CC(C)C)C1=O. The van der Waals surface area contributed by atoms with Crippen LogP contribution in [-0.2, 0) is 27.3 Å². The number of ether oxygens (including phenoxy) is 1. The highest BCUT2D eigenvalue weighted by molar-refractivity contribution is 5.94. The molecule has 8 nitrogen and oxygen atoms in total. The van der Waals surface area contributed by atoms with Gasteiger partial charge in [0.15, 0.2) is 11.5 Å². The summed E-state index contributed by atoms with van der Waals surface area (Å²) in [4.78, 5) is 44.0. The fourth-order valence-electron chi connectivity index (χ4n) is 5.27. The van der Waals surface area contributed by atoms with Crippen LogP contribution in [0, 0.1) is 5.92 Å². The Bertz CT molecular complexity index is 1360. The average molecular weight is 532 g/mol. The number of likely N-dealkylation sites (N-methyl/N-ethyl adjacent to an activating group) is 1. The molecule has 1 aliphatic heterocycles. The second-order valence-corrected chi connectivity index (χ2v) is 10.5. The Balaban J connectivity index is 1.66. The molecule has 0 bridgehead atoms. The smallest absolute Gasteiger partial charge is 0.246 e. The Labute approximate surface area is 229 Å². The van der Waals surface area contributed by atoms with Crippen molar-refractivity contribution in [2.24, 2.45) is 5.92 Å². The molecule has 3 aromatic carbocycles. The van der Waals surface area contributed by atoms with Gasteiger partial charge in [-0.25, -0.2) is 0 Å². The van der Waals surface area contributed by atoms with Crippen LogP contribution in [0.4, 0.5) is 0 Å². The molecule has 3 aromatic rings. The van der Waals surface area contributed by atoms with Gasteiger partial charge in [-0.2, -0.15) is 0 Å². The lowest BCUT2D eigenvalue weighted by Gasteiger charge is -2.35. The van der Waals surface area contributed by atoms with Crippen molar-refractivity contribution >= 4 is 28.5 Å². The molecule has 4 rings (SSSR count). The van der Waals surface area contributed by atoms with Gasteiger partial charge in [-0.1, -0.05) is 62.4 Å². The van der Waals surface area contributed by atoms with Gasteiger partial charge in [-0.3, -0.25) is 14.4 Å². The van der Waals surface area contributed by atoms with Crippen molar-refractivity contribution in [2.75, 3.05) is 20.7 Å². The number of hydrogen-bond acceptors (Lipinski definition) is 5. The maximum atomic E-state index is 14.2. The fourth-order valence-corrected chi connectivity index (χ4v) is 5.27. The molecule has 0 spiro atoms. The van der Waals surface area contributed by atoms with Crippen LogP contribution in [0.15, 0.2) is 60.7 Å². The minimum Gasteiger partial charge on any atom is -0.504 e. The van der Waals surface area contributed by atoms with Crippen molar-refractivity contribution in [3.05, 3.63) is 71.8 Å². The van der Waals surface area contributed by atoms with Crippen LogP contribution in [0.25, 0.3) is 10.8 Å². The van der Waals surface area contributed by atoms with E-state index in [4.69, 9.17) is 4.74 Å². The zero-order valence-corrected chi connectivity index (χ0v) is 23.0. The summed E-state index contributed by atoms with van der Waals surface area (Å²) < 4.78 is 5.24. The summed E-state index contributed by atoms with van der Waals surface area (Å²) in [5.41, 5.74) is 1.69. The van der Waals surface area contributed by atoms with E-state index >= 15 is 0 Å². The number of amides is 3. The summed E-state index contributed by atoms with van der Waals surface area (Å²) >= 11 is 0. The first kappa shape index (κ1) is 28.0. The molecule has 1 aliphatic rings. The lowest BCUT2D eigenvalue weighted by atomic mass is 9.97. The molecule has 0 aromatic heterocycles. The van der Waals surface area contributed by atoms with Crippen molar-refractivity contribution in [2.45, 2.75) is 51.7 Å². The first-order valence-corrected chi connectivity index (χ1v) is 13.4. The molecule has 1 fully saturated rings. The molecule has 2 N–H and O–H groups in total. The third-order valence-electron chi connectivity index (χ3n) is 7.29. The van der Waals surface area contributed by atoms with Gasteiger partial charge in [-0.05, 0) is 46.4 Å². The zero-order chi connectivity index (χ0) is 28.1. The van der Waals surface area contributed by atoms with E-state index in [1.54, 1.807) is 29.0 Å². The van der Waals surface area contributed by atoms with Gasteiger partial charge in [0.2, 0.25) is 17.7 Å². The molecule has 1 heterocycles. The summed E-state index contributed by atoms with van der Waals surface area (Å²) in [5, 5.41) is 14.9. The van der Waals surface area contributed by atoms with E-state index in [2.05, 4.69) is 11.4 Å². The number of phenols is 1. The molecule has 8 heteroatoms. The number of benzene rings is 3. The molecule has 2 atom stereocenters. The predicted molar refractivity (Wildman–Crippen MR) is 150 cm³/mol. The normalized spacial score (nSPS) is 16.9. The summed E-state index contributed by atoms with van der Waals surface area (Å²) in [6.07, 6.45) is 0.918. The number of nitrogens with one attached hydrogen (secondary N) is 1. The van der Waals surface area contributed by atoms with Crippen LogP contribution in [0.5, 0.6) is 11.5 Å². The van der Waals surface area contributed by atoms with E-state index in [0.29, 0.717) is 18.6 Å². The summed E-state index contributed by atoms with van der Waals surface area (Å²) in [5.74, 6) is -0.184. The number of carbonyl (C=O) groups excluding carboxylic acids is 3. The van der Waals surface area contributed by atoms with Gasteiger partial charge in [0, 0.05) is 33.0 Å². The van der Waals surface area contributed by atoms with Gasteiger partial charge in [0.1, 0.15) is 12.1 Å². The number of phenolic OH excluding ortho intramolecular Hbond substituents is 1. The number of hydrogen-bond donors (Lipinski definition) is 2. The summed E-state index contributed by atoms with van der Waals surface area (Å²) in [7, 11) is 3.03. The van der Waals surface area contributed by atoms with E-state index in [1.165, 1.54) is 13.2 Å². The van der Waals surface area contributed by atoms with E-state index in [1.807, 2.05) is 50.2 Å². The second kappa shape index (κ2) is 12.2. The number of methoxy groups -OCH3 is 1. The van der Waals surface area contributed by atoms with Crippen LogP contribution in [0.3, 0.4) is 0 Å². The van der Waals surface area contributed by atoms with Crippen LogP contribution in [-0.4, -0.2) is 65.4 Å². The first-order chi connectivity index (χ1) is 18.7. The van der Waals surface area contributed by atoms with Crippen LogP contribution in [0.1, 0.15) is 37.8 Å². The fraction of sp³-hybridized carbons (Fsp3) is 0.387. The maximum Gasteiger partial charge on any atom is 0.246 e. The standard InChI is InChI=1S/C31H37N3O5/c1-20(2)15-26-31(38)33(14-13-29(36)34(26)19-22-10-12-27(35)28(18-22)39-4)25(30(37)32-3)17-21-9-11-23-7-5-6-8-24(23)16-21/h5-12,16,18,20,25-26,35H,13-15,17,19H2,1-4H3,(H,32,37)/t25-,26-/m0/s1. The van der Waals surface area contributed by atoms with Gasteiger partial charge < -0.3 is 25.0 Å². The van der Waals surface area contributed by atoms with Gasteiger partial charge in [0.25, 0.3) is 0 Å². The minimum atomic E-state index is -0.750. The number of rotatable bonds is 9. The number of carbonyl (C=O) groups is 3. The van der Waals surface area contributed by atoms with Crippen molar-refractivity contribution in [1.29, 1.82) is 0 Å². The predicted octanol–water partition coefficient (Wildman–Crippen LogP) is 3.89. The lowest BCUT2D eigenvalue weighted by Crippen LogP contribution is -2.54. The third-order valence-corrected chi connectivity index (χ3v) is 7.29. The van der Waals surface area contributed by atoms with Gasteiger partial charge in [0.05, 0.1) is 7.11 Å². The highest BCUT2D eigenvalue weighted by Crippen LogP contribution is 2.29. The van der Waals surface area contributed by atoms with E-state index in [-0.39, 0.29) is 48.9 Å². The largest absolute Gasteiger partial charge is 0.504 e. The number of fused-ring (bicyclic) bond motifs is 1. The molecule has 0 radical (unpaired) electrons. The van der Waals surface area contributed by atoms with Crippen LogP contribution >= 0.6 is 0 Å². The Morgan fingerprint density at radius 2 is 1.77 bits per heavy atom. The molecule has 39 heavy (non-hydrogen) atoms. The minimum absolute atomic E-state index is 0.00605. The Hall–Kier alpha value is -4.07. The van der Waals surface area contributed by atoms with Crippen molar-refractivity contribution < 1.29 is 24.2 Å². The van der Waals surface area contributed by atoms with E-state index < -0.39 is 12.1 Å². The zero-order valence-electron chi connectivity index (χ0n) is 23.0. The Morgan fingerprint density at radius 3 is 2.46 bits per heavy atom. The lowest BCUT2D eigenvalue weighted by molar-refractivity contribution is -0.146. The molecule has 0 unspecified atom stereocenters. The second-order valence-electron chi connectivity index (χ2n) is 10.5. The first-order valence-electron chi connectivity index (χ1n) is 13.4. The Morgan fingerprint density at radius 1 is 1.05 bits per heavy atom. The number of aromatic hydroxyl groups is 1. The Kier molecular flexibility index (Phi) is 8.74. The molecule has 206 valence electrons. The summed E-state index contributed by atoms with van der Waals surface area (Å²) in [6.45, 7) is 4.38. The quantitative estimate of drug-likeness (QED) is 0.437. The molecule has 0 saturated carbocycles. The molecule has 1 saturated heterocycles. The third kappa shape index (κ3) is 6.33. The molecule has 3 amide bonds. The van der Waals surface area contributed by atoms with E-state index in [9.17, 15) is 19.5 Å². The van der Waals surface area contributed by atoms with Crippen molar-refractivity contribution in [3.63, 3.8) is 0 Å². The highest BCUT2D eigenvalue weighted by Gasteiger charge is 2.41. The summed E-state index contributed by atoms with van der Waals surface area (Å²) in [6, 6.07) is 17.5. The van der Waals surface area contributed by atoms with Crippen LogP contribution < -0.4 is 10.1 Å². The van der Waals surface area contributed by atoms with Crippen LogP contribution in [0.2, 0.25) is 0 Å². The highest BCUT2D eigenvalue weighted by atomic mass is 16.5. The average Bonchev–Trinajstić information content (AvgIpc) is 3.04. The molecular weight excluding hydrogens is 494 g/mol. The molecular formula is C31H37N3O5. The molecule has 0 aliphatic carbocycles. The monoisotopic (exact) mass is 531 g/mol.